The lowest BCUT2D eigenvalue weighted by atomic mass is 10.2. The van der Waals surface area contributed by atoms with E-state index in [4.69, 9.17) is 0 Å². The standard InChI is InChI=1S/C9H18N2O/c12-9-3-5-11(7-9)6-8-2-1-4-10-8/h8-10,12H,1-7H2/t8-,9-/m0/s1. The van der Waals surface area contributed by atoms with Crippen LogP contribution in [0.3, 0.4) is 0 Å². The van der Waals surface area contributed by atoms with Crippen molar-refractivity contribution in [1.29, 1.82) is 0 Å². The molecule has 2 rings (SSSR count). The molecule has 0 unspecified atom stereocenters. The van der Waals surface area contributed by atoms with E-state index in [1.165, 1.54) is 19.4 Å². The van der Waals surface area contributed by atoms with E-state index < -0.39 is 0 Å². The van der Waals surface area contributed by atoms with Crippen molar-refractivity contribution in [3.63, 3.8) is 0 Å². The van der Waals surface area contributed by atoms with Crippen LogP contribution in [0.25, 0.3) is 0 Å². The first-order valence-corrected chi connectivity index (χ1v) is 4.98. The summed E-state index contributed by atoms with van der Waals surface area (Å²) in [5.41, 5.74) is 0. The molecule has 2 aliphatic rings. The third-order valence-electron chi connectivity index (χ3n) is 2.89. The van der Waals surface area contributed by atoms with Crippen LogP contribution >= 0.6 is 0 Å². The van der Waals surface area contributed by atoms with E-state index in [-0.39, 0.29) is 6.10 Å². The molecule has 0 saturated carbocycles. The van der Waals surface area contributed by atoms with Crippen LogP contribution in [-0.2, 0) is 0 Å². The summed E-state index contributed by atoms with van der Waals surface area (Å²) in [6, 6.07) is 0.690. The highest BCUT2D eigenvalue weighted by atomic mass is 16.3. The minimum atomic E-state index is -0.0635. The molecule has 3 nitrogen and oxygen atoms in total. The summed E-state index contributed by atoms with van der Waals surface area (Å²) < 4.78 is 0. The molecule has 70 valence electrons. The molecule has 0 aromatic carbocycles. The van der Waals surface area contributed by atoms with Gasteiger partial charge in [0.25, 0.3) is 0 Å². The zero-order valence-corrected chi connectivity index (χ0v) is 7.50. The van der Waals surface area contributed by atoms with E-state index >= 15 is 0 Å². The van der Waals surface area contributed by atoms with Gasteiger partial charge in [0.05, 0.1) is 6.10 Å². The molecule has 2 fully saturated rings. The molecule has 0 bridgehead atoms. The number of hydrogen-bond acceptors (Lipinski definition) is 3. The zero-order chi connectivity index (χ0) is 8.39. The lowest BCUT2D eigenvalue weighted by Crippen LogP contribution is -2.36. The molecule has 0 spiro atoms. The van der Waals surface area contributed by atoms with Crippen molar-refractivity contribution in [2.24, 2.45) is 0 Å². The van der Waals surface area contributed by atoms with Crippen LogP contribution in [0.2, 0.25) is 0 Å². The minimum Gasteiger partial charge on any atom is -0.392 e. The Labute approximate surface area is 73.8 Å². The lowest BCUT2D eigenvalue weighted by Gasteiger charge is -2.19. The first kappa shape index (κ1) is 8.48. The number of hydrogen-bond donors (Lipinski definition) is 2. The normalized spacial score (nSPS) is 37.8. The van der Waals surface area contributed by atoms with Crippen molar-refractivity contribution in [1.82, 2.24) is 10.2 Å². The predicted octanol–water partition coefficient (Wildman–Crippen LogP) is -0.195. The molecule has 12 heavy (non-hydrogen) atoms. The predicted molar refractivity (Wildman–Crippen MR) is 48.1 cm³/mol. The second-order valence-electron chi connectivity index (χ2n) is 4.00. The number of nitrogens with zero attached hydrogens (tertiary/aromatic N) is 1. The van der Waals surface area contributed by atoms with Gasteiger partial charge in [-0.2, -0.15) is 0 Å². The maximum absolute atomic E-state index is 9.31. The minimum absolute atomic E-state index is 0.0635. The van der Waals surface area contributed by atoms with Gasteiger partial charge in [-0.05, 0) is 25.8 Å². The fourth-order valence-corrected chi connectivity index (χ4v) is 2.20. The smallest absolute Gasteiger partial charge is 0.0679 e. The molecule has 2 atom stereocenters. The van der Waals surface area contributed by atoms with Gasteiger partial charge in [-0.25, -0.2) is 0 Å². The van der Waals surface area contributed by atoms with Gasteiger partial charge < -0.3 is 10.4 Å². The number of nitrogens with one attached hydrogen (secondary N) is 1. The molecule has 2 saturated heterocycles. The molecule has 2 aliphatic heterocycles. The van der Waals surface area contributed by atoms with E-state index in [1.54, 1.807) is 0 Å². The Hall–Kier alpha value is -0.120. The quantitative estimate of drug-likeness (QED) is 0.603. The van der Waals surface area contributed by atoms with Crippen LogP contribution in [-0.4, -0.2) is 48.3 Å². The molecule has 0 aromatic heterocycles. The largest absolute Gasteiger partial charge is 0.392 e. The Bertz CT molecular complexity index is 145. The van der Waals surface area contributed by atoms with Crippen molar-refractivity contribution in [2.45, 2.75) is 31.4 Å². The van der Waals surface area contributed by atoms with Crippen LogP contribution in [0.4, 0.5) is 0 Å². The Kier molecular flexibility index (Phi) is 2.63. The molecular weight excluding hydrogens is 152 g/mol. The van der Waals surface area contributed by atoms with E-state index in [1.807, 2.05) is 0 Å². The molecular formula is C9H18N2O. The highest BCUT2D eigenvalue weighted by Gasteiger charge is 2.23. The SMILES string of the molecule is O[C@H]1CCN(C[C@@H]2CCCN2)C1. The summed E-state index contributed by atoms with van der Waals surface area (Å²) in [6.07, 6.45) is 3.53. The number of rotatable bonds is 2. The maximum Gasteiger partial charge on any atom is 0.0679 e. The van der Waals surface area contributed by atoms with Crippen molar-refractivity contribution in [3.05, 3.63) is 0 Å². The molecule has 0 radical (unpaired) electrons. The van der Waals surface area contributed by atoms with Gasteiger partial charge in [-0.3, -0.25) is 4.90 Å². The van der Waals surface area contributed by atoms with Crippen molar-refractivity contribution in [2.75, 3.05) is 26.2 Å². The maximum atomic E-state index is 9.31. The van der Waals surface area contributed by atoms with Gasteiger partial charge in [-0.1, -0.05) is 0 Å². The van der Waals surface area contributed by atoms with Gasteiger partial charge in [0.2, 0.25) is 0 Å². The van der Waals surface area contributed by atoms with Crippen LogP contribution < -0.4 is 5.32 Å². The van der Waals surface area contributed by atoms with Gasteiger partial charge in [0.1, 0.15) is 0 Å². The van der Waals surface area contributed by atoms with E-state index in [0.29, 0.717) is 6.04 Å². The topological polar surface area (TPSA) is 35.5 Å². The van der Waals surface area contributed by atoms with Crippen LogP contribution in [0, 0.1) is 0 Å². The Morgan fingerprint density at radius 1 is 1.42 bits per heavy atom. The van der Waals surface area contributed by atoms with Gasteiger partial charge >= 0.3 is 0 Å². The summed E-state index contributed by atoms with van der Waals surface area (Å²) >= 11 is 0. The molecule has 2 N–H and O–H groups in total. The number of likely N-dealkylation sites (tertiary alicyclic amines) is 1. The third-order valence-corrected chi connectivity index (χ3v) is 2.89. The van der Waals surface area contributed by atoms with E-state index in [2.05, 4.69) is 10.2 Å². The fourth-order valence-electron chi connectivity index (χ4n) is 2.20. The van der Waals surface area contributed by atoms with Gasteiger partial charge in [0, 0.05) is 25.7 Å². The van der Waals surface area contributed by atoms with Crippen LogP contribution in [0.5, 0.6) is 0 Å². The summed E-state index contributed by atoms with van der Waals surface area (Å²) in [5, 5.41) is 12.8. The van der Waals surface area contributed by atoms with Gasteiger partial charge in [-0.15, -0.1) is 0 Å². The van der Waals surface area contributed by atoms with Crippen molar-refractivity contribution in [3.8, 4) is 0 Å². The number of β-amino-alcohol motifs (C(OH)–C–C–N with tert-alkyl or cyclic N) is 1. The average molecular weight is 170 g/mol. The first-order valence-electron chi connectivity index (χ1n) is 4.98. The zero-order valence-electron chi connectivity index (χ0n) is 7.50. The van der Waals surface area contributed by atoms with Crippen molar-refractivity contribution >= 4 is 0 Å². The average Bonchev–Trinajstić information content (AvgIpc) is 2.63. The summed E-state index contributed by atoms with van der Waals surface area (Å²) in [4.78, 5) is 2.37. The van der Waals surface area contributed by atoms with Crippen LogP contribution in [0.15, 0.2) is 0 Å². The Morgan fingerprint density at radius 2 is 2.33 bits per heavy atom. The second-order valence-corrected chi connectivity index (χ2v) is 4.00. The lowest BCUT2D eigenvalue weighted by molar-refractivity contribution is 0.173. The Balaban J connectivity index is 1.72. The number of aliphatic hydroxyl groups excluding tert-OH is 1. The molecule has 0 amide bonds. The highest BCUT2D eigenvalue weighted by molar-refractivity contribution is 4.82. The first-order chi connectivity index (χ1) is 5.84. The second kappa shape index (κ2) is 3.73. The summed E-state index contributed by atoms with van der Waals surface area (Å²) in [7, 11) is 0. The molecule has 0 aromatic rings. The molecule has 2 heterocycles. The van der Waals surface area contributed by atoms with Gasteiger partial charge in [0.15, 0.2) is 0 Å². The van der Waals surface area contributed by atoms with E-state index in [0.717, 1.165) is 26.1 Å². The summed E-state index contributed by atoms with van der Waals surface area (Å²) in [6.45, 7) is 4.29. The number of aliphatic hydroxyl groups is 1. The summed E-state index contributed by atoms with van der Waals surface area (Å²) in [5.74, 6) is 0. The molecule has 3 heteroatoms. The monoisotopic (exact) mass is 170 g/mol. The fraction of sp³-hybridized carbons (Fsp3) is 1.00. The third kappa shape index (κ3) is 1.97. The Morgan fingerprint density at radius 3 is 2.92 bits per heavy atom. The van der Waals surface area contributed by atoms with E-state index in [9.17, 15) is 5.11 Å². The van der Waals surface area contributed by atoms with Crippen LogP contribution in [0.1, 0.15) is 19.3 Å². The molecule has 0 aliphatic carbocycles. The highest BCUT2D eigenvalue weighted by Crippen LogP contribution is 2.12. The van der Waals surface area contributed by atoms with Crippen molar-refractivity contribution < 1.29 is 5.11 Å².